The van der Waals surface area contributed by atoms with Crippen LogP contribution in [0.5, 0.6) is 0 Å². The van der Waals surface area contributed by atoms with Crippen LogP contribution in [0.15, 0.2) is 66.2 Å². The van der Waals surface area contributed by atoms with Gasteiger partial charge in [-0.3, -0.25) is 18.7 Å². The molecule has 0 bridgehead atoms. The van der Waals surface area contributed by atoms with Gasteiger partial charge in [-0.15, -0.1) is 10.2 Å². The van der Waals surface area contributed by atoms with Gasteiger partial charge in [-0.2, -0.15) is 0 Å². The zero-order valence-corrected chi connectivity index (χ0v) is 16.7. The number of nitrogens with zero attached hydrogens (tertiary/aromatic N) is 8. The van der Waals surface area contributed by atoms with E-state index in [0.29, 0.717) is 42.9 Å². The van der Waals surface area contributed by atoms with E-state index in [1.165, 1.54) is 10.9 Å². The summed E-state index contributed by atoms with van der Waals surface area (Å²) in [5.41, 5.74) is 0.427. The molecule has 1 aliphatic heterocycles. The second-order valence-corrected chi connectivity index (χ2v) is 7.28. The second kappa shape index (κ2) is 7.98. The van der Waals surface area contributed by atoms with Gasteiger partial charge in [0, 0.05) is 38.6 Å². The fourth-order valence-electron chi connectivity index (χ4n) is 3.67. The summed E-state index contributed by atoms with van der Waals surface area (Å²) in [6, 6.07) is 10.9. The molecule has 0 aliphatic carbocycles. The number of imidazole rings is 1. The van der Waals surface area contributed by atoms with Gasteiger partial charge in [-0.1, -0.05) is 12.1 Å². The molecule has 1 fully saturated rings. The molecule has 1 saturated heterocycles. The van der Waals surface area contributed by atoms with Gasteiger partial charge < -0.3 is 9.80 Å². The van der Waals surface area contributed by atoms with Crippen LogP contribution in [-0.4, -0.2) is 66.3 Å². The SMILES string of the molecule is O=C(Cn1cnc2ccccc2c1=O)N1CCN(c2ccc(-n3ccnc3)nn2)CC1. The Balaban J connectivity index is 1.22. The number of hydrogen-bond acceptors (Lipinski definition) is 7. The van der Waals surface area contributed by atoms with E-state index >= 15 is 0 Å². The average molecular weight is 416 g/mol. The zero-order chi connectivity index (χ0) is 21.2. The average Bonchev–Trinajstić information content (AvgIpc) is 3.36. The Morgan fingerprint density at radius 2 is 1.71 bits per heavy atom. The van der Waals surface area contributed by atoms with E-state index in [9.17, 15) is 9.59 Å². The zero-order valence-electron chi connectivity index (χ0n) is 16.7. The molecule has 0 atom stereocenters. The molecule has 1 amide bonds. The van der Waals surface area contributed by atoms with Crippen molar-refractivity contribution >= 4 is 22.6 Å². The highest BCUT2D eigenvalue weighted by Gasteiger charge is 2.23. The lowest BCUT2D eigenvalue weighted by Gasteiger charge is -2.35. The Morgan fingerprint density at radius 1 is 0.935 bits per heavy atom. The minimum absolute atomic E-state index is 0.0178. The third kappa shape index (κ3) is 3.75. The topological polar surface area (TPSA) is 102 Å². The molecule has 0 saturated carbocycles. The molecule has 4 aromatic rings. The molecule has 3 aromatic heterocycles. The Morgan fingerprint density at radius 3 is 2.45 bits per heavy atom. The number of para-hydroxylation sites is 1. The summed E-state index contributed by atoms with van der Waals surface area (Å²) >= 11 is 0. The quantitative estimate of drug-likeness (QED) is 0.483. The number of hydrogen-bond donors (Lipinski definition) is 0. The predicted octanol–water partition coefficient (Wildman–Crippen LogP) is 0.721. The molecule has 0 radical (unpaired) electrons. The summed E-state index contributed by atoms with van der Waals surface area (Å²) in [6.07, 6.45) is 6.61. The molecular weight excluding hydrogens is 396 g/mol. The fourth-order valence-corrected chi connectivity index (χ4v) is 3.67. The molecule has 0 N–H and O–H groups in total. The van der Waals surface area contributed by atoms with Crippen LogP contribution in [-0.2, 0) is 11.3 Å². The number of piperazine rings is 1. The van der Waals surface area contributed by atoms with E-state index in [0.717, 1.165) is 5.82 Å². The molecule has 1 aromatic carbocycles. The number of aromatic nitrogens is 6. The van der Waals surface area contributed by atoms with Crippen LogP contribution in [0.1, 0.15) is 0 Å². The van der Waals surface area contributed by atoms with Crippen molar-refractivity contribution in [1.82, 2.24) is 34.2 Å². The molecule has 156 valence electrons. The molecular formula is C21H20N8O2. The van der Waals surface area contributed by atoms with Crippen LogP contribution in [0.3, 0.4) is 0 Å². The molecule has 10 nitrogen and oxygen atoms in total. The first kappa shape index (κ1) is 18.9. The van der Waals surface area contributed by atoms with Crippen molar-refractivity contribution in [2.24, 2.45) is 0 Å². The van der Waals surface area contributed by atoms with E-state index in [2.05, 4.69) is 25.1 Å². The second-order valence-electron chi connectivity index (χ2n) is 7.28. The van der Waals surface area contributed by atoms with E-state index in [1.807, 2.05) is 24.4 Å². The van der Waals surface area contributed by atoms with Gasteiger partial charge in [0.05, 0.1) is 17.2 Å². The first-order valence-corrected chi connectivity index (χ1v) is 9.98. The summed E-state index contributed by atoms with van der Waals surface area (Å²) in [5.74, 6) is 1.37. The van der Waals surface area contributed by atoms with Crippen LogP contribution in [0.2, 0.25) is 0 Å². The summed E-state index contributed by atoms with van der Waals surface area (Å²) in [5, 5.41) is 9.07. The van der Waals surface area contributed by atoms with E-state index in [4.69, 9.17) is 0 Å². The number of carbonyl (C=O) groups is 1. The molecule has 0 spiro atoms. The third-order valence-corrected chi connectivity index (χ3v) is 5.40. The van der Waals surface area contributed by atoms with Crippen molar-refractivity contribution in [3.8, 4) is 5.82 Å². The number of fused-ring (bicyclic) bond motifs is 1. The predicted molar refractivity (Wildman–Crippen MR) is 114 cm³/mol. The Kier molecular flexibility index (Phi) is 4.87. The van der Waals surface area contributed by atoms with Crippen LogP contribution >= 0.6 is 0 Å². The minimum Gasteiger partial charge on any atom is -0.352 e. The third-order valence-electron chi connectivity index (χ3n) is 5.40. The van der Waals surface area contributed by atoms with Crippen LogP contribution in [0, 0.1) is 0 Å². The lowest BCUT2D eigenvalue weighted by Crippen LogP contribution is -2.50. The van der Waals surface area contributed by atoms with Gasteiger partial charge in [0.15, 0.2) is 11.6 Å². The molecule has 1 aliphatic rings. The van der Waals surface area contributed by atoms with E-state index < -0.39 is 0 Å². The highest BCUT2D eigenvalue weighted by atomic mass is 16.2. The highest BCUT2D eigenvalue weighted by Crippen LogP contribution is 2.14. The molecule has 31 heavy (non-hydrogen) atoms. The van der Waals surface area contributed by atoms with Crippen molar-refractivity contribution in [3.05, 3.63) is 71.8 Å². The Bertz CT molecular complexity index is 1260. The number of anilines is 1. The summed E-state index contributed by atoms with van der Waals surface area (Å²) in [7, 11) is 0. The number of carbonyl (C=O) groups excluding carboxylic acids is 1. The maximum absolute atomic E-state index is 12.8. The maximum Gasteiger partial charge on any atom is 0.261 e. The first-order chi connectivity index (χ1) is 15.2. The van der Waals surface area contributed by atoms with Crippen LogP contribution in [0.25, 0.3) is 16.7 Å². The van der Waals surface area contributed by atoms with Crippen molar-refractivity contribution in [3.63, 3.8) is 0 Å². The molecule has 0 unspecified atom stereocenters. The standard InChI is InChI=1S/C21H20N8O2/c30-20(13-29-15-23-17-4-2-1-3-16(17)21(29)31)27-11-9-26(10-12-27)18-5-6-19(25-24-18)28-8-7-22-14-28/h1-8,14-15H,9-13H2. The molecule has 4 heterocycles. The first-order valence-electron chi connectivity index (χ1n) is 9.98. The molecule has 10 heteroatoms. The fraction of sp³-hybridized carbons (Fsp3) is 0.238. The van der Waals surface area contributed by atoms with Gasteiger partial charge in [-0.25, -0.2) is 9.97 Å². The lowest BCUT2D eigenvalue weighted by molar-refractivity contribution is -0.132. The van der Waals surface area contributed by atoms with Crippen molar-refractivity contribution < 1.29 is 4.79 Å². The monoisotopic (exact) mass is 416 g/mol. The largest absolute Gasteiger partial charge is 0.352 e. The van der Waals surface area contributed by atoms with Crippen molar-refractivity contribution in [2.45, 2.75) is 6.54 Å². The summed E-state index contributed by atoms with van der Waals surface area (Å²) in [6.45, 7) is 2.39. The van der Waals surface area contributed by atoms with Gasteiger partial charge in [0.25, 0.3) is 5.56 Å². The summed E-state index contributed by atoms with van der Waals surface area (Å²) < 4.78 is 3.16. The lowest BCUT2D eigenvalue weighted by atomic mass is 10.2. The van der Waals surface area contributed by atoms with Crippen molar-refractivity contribution in [2.75, 3.05) is 31.1 Å². The summed E-state index contributed by atoms with van der Waals surface area (Å²) in [4.78, 5) is 37.5. The van der Waals surface area contributed by atoms with E-state index in [1.54, 1.807) is 40.2 Å². The minimum atomic E-state index is -0.203. The van der Waals surface area contributed by atoms with Gasteiger partial charge >= 0.3 is 0 Å². The van der Waals surface area contributed by atoms with Crippen LogP contribution in [0.4, 0.5) is 5.82 Å². The number of benzene rings is 1. The number of rotatable bonds is 4. The normalized spacial score (nSPS) is 14.2. The number of amides is 1. The van der Waals surface area contributed by atoms with Gasteiger partial charge in [0.1, 0.15) is 12.9 Å². The van der Waals surface area contributed by atoms with E-state index in [-0.39, 0.29) is 18.0 Å². The Hall–Kier alpha value is -4.08. The smallest absolute Gasteiger partial charge is 0.261 e. The van der Waals surface area contributed by atoms with Crippen molar-refractivity contribution in [1.29, 1.82) is 0 Å². The highest BCUT2D eigenvalue weighted by molar-refractivity contribution is 5.79. The van der Waals surface area contributed by atoms with Gasteiger partial charge in [-0.05, 0) is 24.3 Å². The van der Waals surface area contributed by atoms with Crippen LogP contribution < -0.4 is 10.5 Å². The maximum atomic E-state index is 12.8. The Labute approximate surface area is 177 Å². The van der Waals surface area contributed by atoms with Gasteiger partial charge in [0.2, 0.25) is 5.91 Å². The molecule has 5 rings (SSSR count).